The molecule has 0 aliphatic carbocycles. The Bertz CT molecular complexity index is 1490. The van der Waals surface area contributed by atoms with Crippen molar-refractivity contribution in [3.05, 3.63) is 84.3 Å². The van der Waals surface area contributed by atoms with E-state index in [4.69, 9.17) is 9.47 Å². The highest BCUT2D eigenvalue weighted by Crippen LogP contribution is 2.35. The van der Waals surface area contributed by atoms with Gasteiger partial charge in [-0.05, 0) is 24.7 Å². The van der Waals surface area contributed by atoms with Gasteiger partial charge in [0.1, 0.15) is 23.1 Å². The van der Waals surface area contributed by atoms with Crippen molar-refractivity contribution in [2.75, 3.05) is 20.3 Å². The number of ether oxygens (including phenoxy) is 2. The summed E-state index contributed by atoms with van der Waals surface area (Å²) in [6.45, 7) is 2.04. The molecular weight excluding hydrogens is 492 g/mol. The highest BCUT2D eigenvalue weighted by molar-refractivity contribution is 7.89. The van der Waals surface area contributed by atoms with E-state index in [1.165, 1.54) is 5.56 Å². The van der Waals surface area contributed by atoms with E-state index in [0.717, 1.165) is 17.6 Å². The number of sulfonamides is 1. The molecule has 0 spiro atoms. The maximum Gasteiger partial charge on any atom is 0.243 e. The molecule has 4 atom stereocenters. The van der Waals surface area contributed by atoms with Crippen molar-refractivity contribution in [2.24, 2.45) is 0 Å². The predicted molar refractivity (Wildman–Crippen MR) is 136 cm³/mol. The van der Waals surface area contributed by atoms with Gasteiger partial charge in [0.25, 0.3) is 0 Å². The topological polar surface area (TPSA) is 111 Å². The second-order valence-electron chi connectivity index (χ2n) is 9.57. The molecule has 0 radical (unpaired) electrons. The first-order valence-electron chi connectivity index (χ1n) is 12.2. The van der Waals surface area contributed by atoms with Gasteiger partial charge in [-0.1, -0.05) is 53.7 Å². The normalized spacial score (nSPS) is 23.6. The molecule has 192 valence electrons. The molecule has 2 aliphatic rings. The fourth-order valence-electron chi connectivity index (χ4n) is 5.14. The van der Waals surface area contributed by atoms with Crippen molar-refractivity contribution < 1.29 is 17.9 Å². The number of nitrogens with one attached hydrogen (secondary N) is 1. The minimum Gasteiger partial charge on any atom is -0.371 e. The average molecular weight is 521 g/mol. The van der Waals surface area contributed by atoms with E-state index in [0.29, 0.717) is 18.7 Å². The molecule has 2 aromatic heterocycles. The van der Waals surface area contributed by atoms with Crippen LogP contribution in [0.4, 0.5) is 0 Å². The van der Waals surface area contributed by atoms with E-state index in [1.807, 2.05) is 43.6 Å². The number of benzene rings is 2. The summed E-state index contributed by atoms with van der Waals surface area (Å²) >= 11 is 0. The smallest absolute Gasteiger partial charge is 0.243 e. The maximum absolute atomic E-state index is 13.3. The molecule has 0 saturated carbocycles. The monoisotopic (exact) mass is 520 g/mol. The van der Waals surface area contributed by atoms with Crippen molar-refractivity contribution in [1.29, 1.82) is 0 Å². The lowest BCUT2D eigenvalue weighted by Gasteiger charge is -2.18. The molecular formula is C26H28N6O4S. The van der Waals surface area contributed by atoms with Crippen LogP contribution in [0, 0.1) is 0 Å². The van der Waals surface area contributed by atoms with E-state index < -0.39 is 22.2 Å². The number of rotatable bonds is 8. The number of hydrogen-bond donors (Lipinski definition) is 1. The van der Waals surface area contributed by atoms with Gasteiger partial charge < -0.3 is 9.47 Å². The number of aromatic nitrogens is 4. The number of hydrogen-bond acceptors (Lipinski definition) is 8. The Morgan fingerprint density at radius 2 is 1.81 bits per heavy atom. The largest absolute Gasteiger partial charge is 0.371 e. The van der Waals surface area contributed by atoms with Gasteiger partial charge in [-0.3, -0.25) is 9.88 Å². The van der Waals surface area contributed by atoms with E-state index in [1.54, 1.807) is 29.1 Å². The molecule has 10 nitrogen and oxygen atoms in total. The Labute approximate surface area is 215 Å². The molecule has 0 amide bonds. The van der Waals surface area contributed by atoms with Crippen LogP contribution < -0.4 is 4.72 Å². The van der Waals surface area contributed by atoms with E-state index in [-0.39, 0.29) is 23.6 Å². The van der Waals surface area contributed by atoms with Gasteiger partial charge in [0, 0.05) is 24.7 Å². The van der Waals surface area contributed by atoms with Gasteiger partial charge in [0.15, 0.2) is 0 Å². The van der Waals surface area contributed by atoms with Gasteiger partial charge in [0.05, 0.1) is 36.7 Å². The average Bonchev–Trinajstić information content (AvgIpc) is 3.62. The Balaban J connectivity index is 1.12. The van der Waals surface area contributed by atoms with Gasteiger partial charge in [-0.15, -0.1) is 5.10 Å². The zero-order chi connectivity index (χ0) is 25.4. The van der Waals surface area contributed by atoms with Crippen molar-refractivity contribution >= 4 is 20.9 Å². The first-order valence-corrected chi connectivity index (χ1v) is 13.7. The highest BCUT2D eigenvalue weighted by Gasteiger charge is 2.50. The zero-order valence-electron chi connectivity index (χ0n) is 20.3. The van der Waals surface area contributed by atoms with Crippen LogP contribution in [0.2, 0.25) is 0 Å². The van der Waals surface area contributed by atoms with Crippen LogP contribution in [-0.4, -0.2) is 71.8 Å². The van der Waals surface area contributed by atoms with Gasteiger partial charge >= 0.3 is 0 Å². The Hall–Kier alpha value is -3.22. The Morgan fingerprint density at radius 1 is 1.00 bits per heavy atom. The summed E-state index contributed by atoms with van der Waals surface area (Å²) in [6, 6.07) is 18.3. The summed E-state index contributed by atoms with van der Waals surface area (Å²) in [5, 5.41) is 9.44. The van der Waals surface area contributed by atoms with Crippen molar-refractivity contribution in [1.82, 2.24) is 29.6 Å². The molecule has 2 aliphatic heterocycles. The van der Waals surface area contributed by atoms with Crippen LogP contribution in [0.1, 0.15) is 17.3 Å². The van der Waals surface area contributed by atoms with Crippen LogP contribution in [0.15, 0.2) is 78.0 Å². The number of fused-ring (bicyclic) bond motifs is 2. The second-order valence-corrected chi connectivity index (χ2v) is 11.3. The third-order valence-electron chi connectivity index (χ3n) is 6.84. The van der Waals surface area contributed by atoms with Crippen LogP contribution in [0.3, 0.4) is 0 Å². The van der Waals surface area contributed by atoms with Gasteiger partial charge in [0.2, 0.25) is 10.0 Å². The Morgan fingerprint density at radius 3 is 2.68 bits per heavy atom. The number of pyridine rings is 1. The molecule has 11 heteroatoms. The van der Waals surface area contributed by atoms with Crippen molar-refractivity contribution in [3.63, 3.8) is 0 Å². The molecule has 4 heterocycles. The summed E-state index contributed by atoms with van der Waals surface area (Å²) in [4.78, 5) is 6.60. The van der Waals surface area contributed by atoms with E-state index >= 15 is 0 Å². The minimum atomic E-state index is -3.84. The lowest BCUT2D eigenvalue weighted by atomic mass is 10.1. The Kier molecular flexibility index (Phi) is 6.47. The summed E-state index contributed by atoms with van der Waals surface area (Å²) < 4.78 is 43.2. The number of para-hydroxylation sites is 1. The minimum absolute atomic E-state index is 0.143. The standard InChI is InChI=1S/C26H28N6O4S/c1-31(13-18-7-3-2-4-8-18)14-20-15-32(30-28-20)22-17-36-25-21(16-35-26(22)25)29-37(33,34)23-11-5-9-19-10-6-12-27-24(19)23/h2-12,15,21-22,25-26,29H,13-14,16-17H2,1H3/t21-,22-,25+,26+/m0/s1. The summed E-state index contributed by atoms with van der Waals surface area (Å²) in [7, 11) is -1.79. The van der Waals surface area contributed by atoms with Gasteiger partial charge in [-0.2, -0.15) is 0 Å². The van der Waals surface area contributed by atoms with Gasteiger partial charge in [-0.25, -0.2) is 17.8 Å². The van der Waals surface area contributed by atoms with Crippen LogP contribution in [0.5, 0.6) is 0 Å². The fraction of sp³-hybridized carbons (Fsp3) is 0.346. The molecule has 37 heavy (non-hydrogen) atoms. The molecule has 4 aromatic rings. The third kappa shape index (κ3) is 4.88. The molecule has 0 bridgehead atoms. The van der Waals surface area contributed by atoms with Crippen LogP contribution in [0.25, 0.3) is 10.9 Å². The second kappa shape index (κ2) is 9.92. The van der Waals surface area contributed by atoms with Crippen molar-refractivity contribution in [3.8, 4) is 0 Å². The lowest BCUT2D eigenvalue weighted by molar-refractivity contribution is 0.0624. The molecule has 2 saturated heterocycles. The quantitative estimate of drug-likeness (QED) is 0.376. The molecule has 0 unspecified atom stereocenters. The SMILES string of the molecule is CN(Cc1ccccc1)Cc1cn([C@H]2CO[C@H]3[C@@H]2OC[C@@H]3NS(=O)(=O)c2cccc3cccnc23)nn1. The fourth-order valence-corrected chi connectivity index (χ4v) is 6.55. The maximum atomic E-state index is 13.3. The van der Waals surface area contributed by atoms with E-state index in [9.17, 15) is 8.42 Å². The highest BCUT2D eigenvalue weighted by atomic mass is 32.2. The van der Waals surface area contributed by atoms with E-state index in [2.05, 4.69) is 37.1 Å². The van der Waals surface area contributed by atoms with Crippen molar-refractivity contribution in [2.45, 2.75) is 42.3 Å². The molecule has 1 N–H and O–H groups in total. The van der Waals surface area contributed by atoms with Crippen LogP contribution in [-0.2, 0) is 32.6 Å². The third-order valence-corrected chi connectivity index (χ3v) is 8.37. The summed E-state index contributed by atoms with van der Waals surface area (Å²) in [5.74, 6) is 0. The first-order chi connectivity index (χ1) is 18.0. The lowest BCUT2D eigenvalue weighted by Crippen LogP contribution is -2.44. The predicted octanol–water partition coefficient (Wildman–Crippen LogP) is 2.14. The molecule has 2 fully saturated rings. The summed E-state index contributed by atoms with van der Waals surface area (Å²) in [6.07, 6.45) is 2.76. The number of nitrogens with zero attached hydrogens (tertiary/aromatic N) is 5. The molecule has 6 rings (SSSR count). The summed E-state index contributed by atoms with van der Waals surface area (Å²) in [5.41, 5.74) is 2.52. The first kappa shape index (κ1) is 24.1. The zero-order valence-corrected chi connectivity index (χ0v) is 21.2. The molecule has 2 aromatic carbocycles. The van der Waals surface area contributed by atoms with Crippen LogP contribution >= 0.6 is 0 Å².